The van der Waals surface area contributed by atoms with E-state index in [1.165, 1.54) is 16.8 Å². The summed E-state index contributed by atoms with van der Waals surface area (Å²) in [7, 11) is -3.61. The molecule has 1 aliphatic rings. The zero-order chi connectivity index (χ0) is 18.6. The highest BCUT2D eigenvalue weighted by Gasteiger charge is 2.30. The van der Waals surface area contributed by atoms with Crippen LogP contribution in [-0.4, -0.2) is 65.8 Å². The van der Waals surface area contributed by atoms with Crippen molar-refractivity contribution >= 4 is 15.9 Å². The van der Waals surface area contributed by atoms with E-state index in [-0.39, 0.29) is 17.5 Å². The Morgan fingerprint density at radius 2 is 1.96 bits per heavy atom. The van der Waals surface area contributed by atoms with Gasteiger partial charge in [0.2, 0.25) is 0 Å². The van der Waals surface area contributed by atoms with E-state index in [4.69, 9.17) is 4.74 Å². The Balaban J connectivity index is 1.62. The van der Waals surface area contributed by atoms with Crippen LogP contribution in [-0.2, 0) is 14.8 Å². The van der Waals surface area contributed by atoms with Gasteiger partial charge in [0.1, 0.15) is 5.75 Å². The first-order valence-corrected chi connectivity index (χ1v) is 9.91. The van der Waals surface area contributed by atoms with Crippen LogP contribution in [0, 0.1) is 0 Å². The van der Waals surface area contributed by atoms with Crippen LogP contribution in [0.25, 0.3) is 0 Å². The summed E-state index contributed by atoms with van der Waals surface area (Å²) in [6, 6.07) is 9.16. The first kappa shape index (κ1) is 18.4. The molecule has 0 bridgehead atoms. The number of benzene rings is 1. The lowest BCUT2D eigenvalue weighted by atomic mass is 10.3. The van der Waals surface area contributed by atoms with Crippen LogP contribution in [0.3, 0.4) is 0 Å². The number of rotatable bonds is 5. The lowest BCUT2D eigenvalue weighted by Gasteiger charge is -2.25. The van der Waals surface area contributed by atoms with Crippen molar-refractivity contribution in [2.45, 2.75) is 24.5 Å². The third-order valence-corrected chi connectivity index (χ3v) is 6.09. The summed E-state index contributed by atoms with van der Waals surface area (Å²) in [5.74, 6) is 0.487. The maximum Gasteiger partial charge on any atom is 0.263 e. The minimum Gasteiger partial charge on any atom is -0.481 e. The fraction of sp³-hybridized carbons (Fsp3) is 0.412. The van der Waals surface area contributed by atoms with E-state index in [2.05, 4.69) is 9.97 Å². The van der Waals surface area contributed by atoms with Crippen LogP contribution in [0.4, 0.5) is 0 Å². The highest BCUT2D eigenvalue weighted by atomic mass is 32.2. The fourth-order valence-corrected chi connectivity index (χ4v) is 4.25. The SMILES string of the molecule is CC(Oc1ccccc1)C(=O)N1CCCN(S(=O)(=O)c2cnc[nH]2)CC1. The molecular formula is C17H22N4O4S. The number of hydrogen-bond acceptors (Lipinski definition) is 5. The van der Waals surface area contributed by atoms with Gasteiger partial charge in [0.15, 0.2) is 11.1 Å². The van der Waals surface area contributed by atoms with Crippen LogP contribution in [0.5, 0.6) is 5.75 Å². The molecule has 1 amide bonds. The first-order valence-electron chi connectivity index (χ1n) is 8.47. The number of aromatic nitrogens is 2. The van der Waals surface area contributed by atoms with Gasteiger partial charge in [0.25, 0.3) is 15.9 Å². The molecule has 26 heavy (non-hydrogen) atoms. The number of sulfonamides is 1. The maximum absolute atomic E-state index is 12.7. The average Bonchev–Trinajstić information content (AvgIpc) is 3.07. The molecule has 1 unspecified atom stereocenters. The van der Waals surface area contributed by atoms with Crippen LogP contribution < -0.4 is 4.74 Å². The van der Waals surface area contributed by atoms with Gasteiger partial charge in [-0.1, -0.05) is 18.2 Å². The second-order valence-corrected chi connectivity index (χ2v) is 7.98. The number of para-hydroxylation sites is 1. The Hall–Kier alpha value is -2.39. The topological polar surface area (TPSA) is 95.6 Å². The van der Waals surface area contributed by atoms with Crippen molar-refractivity contribution in [2.75, 3.05) is 26.2 Å². The number of aromatic amines is 1. The van der Waals surface area contributed by atoms with Gasteiger partial charge in [-0.15, -0.1) is 0 Å². The molecular weight excluding hydrogens is 356 g/mol. The number of ether oxygens (including phenoxy) is 1. The summed E-state index contributed by atoms with van der Waals surface area (Å²) >= 11 is 0. The second kappa shape index (κ2) is 7.88. The number of hydrogen-bond donors (Lipinski definition) is 1. The molecule has 1 aromatic carbocycles. The van der Waals surface area contributed by atoms with Gasteiger partial charge in [0.05, 0.1) is 12.5 Å². The van der Waals surface area contributed by atoms with Gasteiger partial charge in [-0.05, 0) is 25.5 Å². The standard InChI is InChI=1S/C17H22N4O4S/c1-14(25-15-6-3-2-4-7-15)17(22)20-8-5-9-21(11-10-20)26(23,24)16-12-18-13-19-16/h2-4,6-7,12-14H,5,8-11H2,1H3,(H,18,19). The molecule has 0 radical (unpaired) electrons. The molecule has 3 rings (SSSR count). The van der Waals surface area contributed by atoms with E-state index in [0.717, 1.165) is 0 Å². The van der Waals surface area contributed by atoms with Gasteiger partial charge in [0, 0.05) is 26.2 Å². The molecule has 2 aromatic rings. The predicted molar refractivity (Wildman–Crippen MR) is 95.1 cm³/mol. The largest absolute Gasteiger partial charge is 0.481 e. The summed E-state index contributed by atoms with van der Waals surface area (Å²) < 4.78 is 32.2. The van der Waals surface area contributed by atoms with Gasteiger partial charge < -0.3 is 14.6 Å². The zero-order valence-electron chi connectivity index (χ0n) is 14.5. The van der Waals surface area contributed by atoms with Crippen molar-refractivity contribution in [3.05, 3.63) is 42.9 Å². The molecule has 1 aliphatic heterocycles. The molecule has 9 heteroatoms. The zero-order valence-corrected chi connectivity index (χ0v) is 15.4. The quantitative estimate of drug-likeness (QED) is 0.841. The Labute approximate surface area is 152 Å². The number of carbonyl (C=O) groups excluding carboxylic acids is 1. The van der Waals surface area contributed by atoms with Crippen molar-refractivity contribution < 1.29 is 17.9 Å². The maximum atomic E-state index is 12.7. The minimum absolute atomic E-state index is 0.0676. The highest BCUT2D eigenvalue weighted by Crippen LogP contribution is 2.17. The summed E-state index contributed by atoms with van der Waals surface area (Å²) in [4.78, 5) is 20.7. The molecule has 1 fully saturated rings. The third kappa shape index (κ3) is 4.05. The summed E-state index contributed by atoms with van der Waals surface area (Å²) in [6.45, 7) is 3.13. The molecule has 2 heterocycles. The van der Waals surface area contributed by atoms with Gasteiger partial charge >= 0.3 is 0 Å². The molecule has 0 saturated carbocycles. The summed E-state index contributed by atoms with van der Waals surface area (Å²) in [6.07, 6.45) is 2.56. The Morgan fingerprint density at radius 3 is 2.65 bits per heavy atom. The van der Waals surface area contributed by atoms with Crippen molar-refractivity contribution in [3.63, 3.8) is 0 Å². The summed E-state index contributed by atoms with van der Waals surface area (Å²) in [5.41, 5.74) is 0. The number of H-pyrrole nitrogens is 1. The Kier molecular flexibility index (Phi) is 5.58. The summed E-state index contributed by atoms with van der Waals surface area (Å²) in [5, 5.41) is 0.0676. The van der Waals surface area contributed by atoms with Gasteiger partial charge in [-0.3, -0.25) is 4.79 Å². The molecule has 0 spiro atoms. The molecule has 1 N–H and O–H groups in total. The number of carbonyl (C=O) groups is 1. The number of amides is 1. The molecule has 1 saturated heterocycles. The normalized spacial score (nSPS) is 17.5. The average molecular weight is 378 g/mol. The monoisotopic (exact) mass is 378 g/mol. The molecule has 140 valence electrons. The van der Waals surface area contributed by atoms with E-state index >= 15 is 0 Å². The molecule has 0 aliphatic carbocycles. The minimum atomic E-state index is -3.61. The second-order valence-electron chi connectivity index (χ2n) is 6.07. The van der Waals surface area contributed by atoms with Crippen molar-refractivity contribution in [1.82, 2.24) is 19.2 Å². The Bertz CT molecular complexity index is 824. The lowest BCUT2D eigenvalue weighted by molar-refractivity contribution is -0.137. The third-order valence-electron chi connectivity index (χ3n) is 4.26. The predicted octanol–water partition coefficient (Wildman–Crippen LogP) is 1.10. The molecule has 1 atom stereocenters. The first-order chi connectivity index (χ1) is 12.5. The van der Waals surface area contributed by atoms with Gasteiger partial charge in [-0.2, -0.15) is 4.31 Å². The number of nitrogens with zero attached hydrogens (tertiary/aromatic N) is 3. The Morgan fingerprint density at radius 1 is 1.19 bits per heavy atom. The fourth-order valence-electron chi connectivity index (χ4n) is 2.89. The van der Waals surface area contributed by atoms with E-state index in [9.17, 15) is 13.2 Å². The van der Waals surface area contributed by atoms with Gasteiger partial charge in [-0.25, -0.2) is 13.4 Å². The van der Waals surface area contributed by atoms with Crippen LogP contribution in [0.2, 0.25) is 0 Å². The van der Waals surface area contributed by atoms with E-state index < -0.39 is 16.1 Å². The lowest BCUT2D eigenvalue weighted by Crippen LogP contribution is -2.43. The van der Waals surface area contributed by atoms with Crippen LogP contribution >= 0.6 is 0 Å². The van der Waals surface area contributed by atoms with Crippen LogP contribution in [0.15, 0.2) is 47.9 Å². The van der Waals surface area contributed by atoms with Crippen molar-refractivity contribution in [2.24, 2.45) is 0 Å². The van der Waals surface area contributed by atoms with E-state index in [1.807, 2.05) is 18.2 Å². The molecule has 8 nitrogen and oxygen atoms in total. The smallest absolute Gasteiger partial charge is 0.263 e. The van der Waals surface area contributed by atoms with Crippen molar-refractivity contribution in [1.29, 1.82) is 0 Å². The van der Waals surface area contributed by atoms with Crippen molar-refractivity contribution in [3.8, 4) is 5.75 Å². The number of imidazole rings is 1. The van der Waals surface area contributed by atoms with Crippen LogP contribution in [0.1, 0.15) is 13.3 Å². The molecule has 1 aromatic heterocycles. The van der Waals surface area contributed by atoms with E-state index in [0.29, 0.717) is 31.8 Å². The highest BCUT2D eigenvalue weighted by molar-refractivity contribution is 7.89. The van der Waals surface area contributed by atoms with E-state index in [1.54, 1.807) is 24.0 Å². The number of nitrogens with one attached hydrogen (secondary N) is 1.